The number of fused-ring (bicyclic) bond motifs is 1. The van der Waals surface area contributed by atoms with Crippen LogP contribution in [0.5, 0.6) is 5.75 Å². The van der Waals surface area contributed by atoms with Gasteiger partial charge < -0.3 is 14.2 Å². The number of aromatic nitrogens is 1. The zero-order valence-electron chi connectivity index (χ0n) is 17.1. The molecule has 0 saturated carbocycles. The number of halogens is 2. The van der Waals surface area contributed by atoms with E-state index >= 15 is 0 Å². The van der Waals surface area contributed by atoms with E-state index in [2.05, 4.69) is 88.0 Å². The minimum Gasteiger partial charge on any atom is -0.489 e. The smallest absolute Gasteiger partial charge is 0.152 e. The fraction of sp³-hybridized carbons (Fsp3) is 0.200. The average Bonchev–Trinajstić information content (AvgIpc) is 3.02. The van der Waals surface area contributed by atoms with Crippen molar-refractivity contribution in [3.05, 3.63) is 87.9 Å². The van der Waals surface area contributed by atoms with E-state index < -0.39 is 0 Å². The van der Waals surface area contributed by atoms with Gasteiger partial charge in [0.2, 0.25) is 0 Å². The Bertz CT molecular complexity index is 1150. The molecule has 0 aliphatic rings. The molecule has 0 atom stereocenters. The SMILES string of the molecule is CN(C)CCOc1c(-c2ccccc2)n(Cc2ccccc2Br)c2cc(Cl)ccc12. The van der Waals surface area contributed by atoms with E-state index in [1.165, 1.54) is 5.56 Å². The summed E-state index contributed by atoms with van der Waals surface area (Å²) in [6.45, 7) is 2.17. The summed E-state index contributed by atoms with van der Waals surface area (Å²) in [5.74, 6) is 0.904. The Balaban J connectivity index is 1.93. The van der Waals surface area contributed by atoms with Gasteiger partial charge in [0.05, 0.1) is 11.2 Å². The lowest BCUT2D eigenvalue weighted by molar-refractivity contribution is 0.264. The van der Waals surface area contributed by atoms with Crippen LogP contribution in [0.1, 0.15) is 5.56 Å². The maximum atomic E-state index is 6.41. The van der Waals surface area contributed by atoms with Crippen molar-refractivity contribution >= 4 is 38.4 Å². The molecule has 5 heteroatoms. The lowest BCUT2D eigenvalue weighted by Gasteiger charge is -2.15. The van der Waals surface area contributed by atoms with E-state index in [9.17, 15) is 0 Å². The second-order valence-corrected chi connectivity index (χ2v) is 8.83. The molecule has 1 heterocycles. The molecule has 0 amide bonds. The molecule has 4 rings (SSSR count). The maximum Gasteiger partial charge on any atom is 0.152 e. The van der Waals surface area contributed by atoms with Gasteiger partial charge in [0, 0.05) is 33.5 Å². The van der Waals surface area contributed by atoms with Crippen LogP contribution in [0.2, 0.25) is 5.02 Å². The molecule has 0 radical (unpaired) electrons. The van der Waals surface area contributed by atoms with Crippen molar-refractivity contribution in [2.75, 3.05) is 27.2 Å². The Morgan fingerprint density at radius 1 is 0.967 bits per heavy atom. The van der Waals surface area contributed by atoms with Crippen molar-refractivity contribution < 1.29 is 4.74 Å². The molecular weight excluding hydrogens is 460 g/mol. The van der Waals surface area contributed by atoms with Crippen LogP contribution in [0.25, 0.3) is 22.2 Å². The van der Waals surface area contributed by atoms with Crippen molar-refractivity contribution in [3.63, 3.8) is 0 Å². The highest BCUT2D eigenvalue weighted by Gasteiger charge is 2.21. The molecule has 0 aliphatic carbocycles. The van der Waals surface area contributed by atoms with Crippen molar-refractivity contribution in [1.29, 1.82) is 0 Å². The number of hydrogen-bond donors (Lipinski definition) is 0. The number of nitrogens with zero attached hydrogens (tertiary/aromatic N) is 2. The molecule has 0 bridgehead atoms. The summed E-state index contributed by atoms with van der Waals surface area (Å²) in [5.41, 5.74) is 4.46. The van der Waals surface area contributed by atoms with Gasteiger partial charge in [-0.2, -0.15) is 0 Å². The number of rotatable bonds is 7. The Hall–Kier alpha value is -2.27. The first kappa shape index (κ1) is 21.0. The highest BCUT2D eigenvalue weighted by atomic mass is 79.9. The zero-order chi connectivity index (χ0) is 21.1. The van der Waals surface area contributed by atoms with E-state index in [0.29, 0.717) is 18.2 Å². The van der Waals surface area contributed by atoms with Gasteiger partial charge in [0.25, 0.3) is 0 Å². The summed E-state index contributed by atoms with van der Waals surface area (Å²) in [6, 6.07) is 24.8. The first-order valence-electron chi connectivity index (χ1n) is 9.92. The predicted molar refractivity (Wildman–Crippen MR) is 130 cm³/mol. The maximum absolute atomic E-state index is 6.41. The molecular formula is C25H24BrClN2O. The normalized spacial score (nSPS) is 11.4. The summed E-state index contributed by atoms with van der Waals surface area (Å²) < 4.78 is 9.78. The Morgan fingerprint density at radius 3 is 2.43 bits per heavy atom. The standard InChI is InChI=1S/C25H24BrClN2O/c1-28(2)14-15-30-25-21-13-12-20(27)16-23(21)29(17-19-10-6-7-11-22(19)26)24(25)18-8-4-3-5-9-18/h3-13,16H,14-15,17H2,1-2H3. The van der Waals surface area contributed by atoms with Crippen LogP contribution in [0.3, 0.4) is 0 Å². The van der Waals surface area contributed by atoms with Crippen molar-refractivity contribution in [1.82, 2.24) is 9.47 Å². The summed E-state index contributed by atoms with van der Waals surface area (Å²) in [4.78, 5) is 2.12. The molecule has 0 fully saturated rings. The van der Waals surface area contributed by atoms with Crippen LogP contribution in [-0.4, -0.2) is 36.7 Å². The first-order valence-corrected chi connectivity index (χ1v) is 11.1. The Labute approximate surface area is 191 Å². The molecule has 0 spiro atoms. The lowest BCUT2D eigenvalue weighted by Crippen LogP contribution is -2.19. The molecule has 154 valence electrons. The van der Waals surface area contributed by atoms with Crippen LogP contribution in [0.15, 0.2) is 77.3 Å². The third kappa shape index (κ3) is 4.41. The quantitative estimate of drug-likeness (QED) is 0.290. The first-order chi connectivity index (χ1) is 14.5. The number of hydrogen-bond acceptors (Lipinski definition) is 2. The molecule has 3 nitrogen and oxygen atoms in total. The van der Waals surface area contributed by atoms with Crippen molar-refractivity contribution in [2.45, 2.75) is 6.54 Å². The zero-order valence-corrected chi connectivity index (χ0v) is 19.5. The van der Waals surface area contributed by atoms with E-state index in [1.807, 2.05) is 24.3 Å². The number of benzene rings is 3. The second-order valence-electron chi connectivity index (χ2n) is 7.53. The van der Waals surface area contributed by atoms with E-state index in [0.717, 1.165) is 38.9 Å². The molecule has 0 aliphatic heterocycles. The fourth-order valence-corrected chi connectivity index (χ4v) is 4.19. The molecule has 30 heavy (non-hydrogen) atoms. The Kier molecular flexibility index (Phi) is 6.47. The van der Waals surface area contributed by atoms with Gasteiger partial charge in [0.15, 0.2) is 5.75 Å². The summed E-state index contributed by atoms with van der Waals surface area (Å²) >= 11 is 10.1. The van der Waals surface area contributed by atoms with E-state index in [1.54, 1.807) is 0 Å². The highest BCUT2D eigenvalue weighted by Crippen LogP contribution is 2.41. The summed E-state index contributed by atoms with van der Waals surface area (Å²) in [5, 5.41) is 1.79. The molecule has 4 aromatic rings. The van der Waals surface area contributed by atoms with Gasteiger partial charge in [-0.3, -0.25) is 0 Å². The fourth-order valence-electron chi connectivity index (χ4n) is 3.61. The van der Waals surface area contributed by atoms with Gasteiger partial charge >= 0.3 is 0 Å². The largest absolute Gasteiger partial charge is 0.489 e. The molecule has 1 aromatic heterocycles. The topological polar surface area (TPSA) is 17.4 Å². The molecule has 0 N–H and O–H groups in total. The number of likely N-dealkylation sites (N-methyl/N-ethyl adjacent to an activating group) is 1. The summed E-state index contributed by atoms with van der Waals surface area (Å²) in [7, 11) is 4.11. The van der Waals surface area contributed by atoms with Crippen molar-refractivity contribution in [2.24, 2.45) is 0 Å². The summed E-state index contributed by atoms with van der Waals surface area (Å²) in [6.07, 6.45) is 0. The predicted octanol–water partition coefficient (Wildman–Crippen LogP) is 6.71. The van der Waals surface area contributed by atoms with E-state index in [-0.39, 0.29) is 0 Å². The molecule has 0 unspecified atom stereocenters. The minimum absolute atomic E-state index is 0.615. The lowest BCUT2D eigenvalue weighted by atomic mass is 10.1. The molecule has 0 saturated heterocycles. The highest BCUT2D eigenvalue weighted by molar-refractivity contribution is 9.10. The van der Waals surface area contributed by atoms with Crippen LogP contribution < -0.4 is 4.74 Å². The Morgan fingerprint density at radius 2 is 1.70 bits per heavy atom. The van der Waals surface area contributed by atoms with Crippen LogP contribution in [-0.2, 0) is 6.54 Å². The third-order valence-electron chi connectivity index (χ3n) is 5.10. The van der Waals surface area contributed by atoms with Gasteiger partial charge in [0.1, 0.15) is 6.61 Å². The van der Waals surface area contributed by atoms with Gasteiger partial charge in [-0.05, 0) is 43.9 Å². The number of ether oxygens (including phenoxy) is 1. The van der Waals surface area contributed by atoms with Gasteiger partial charge in [-0.15, -0.1) is 0 Å². The van der Waals surface area contributed by atoms with Crippen LogP contribution in [0.4, 0.5) is 0 Å². The van der Waals surface area contributed by atoms with Crippen molar-refractivity contribution in [3.8, 4) is 17.0 Å². The van der Waals surface area contributed by atoms with Gasteiger partial charge in [-0.25, -0.2) is 0 Å². The third-order valence-corrected chi connectivity index (χ3v) is 6.11. The second kappa shape index (κ2) is 9.25. The monoisotopic (exact) mass is 482 g/mol. The molecule has 3 aromatic carbocycles. The van der Waals surface area contributed by atoms with E-state index in [4.69, 9.17) is 16.3 Å². The van der Waals surface area contributed by atoms with Gasteiger partial charge in [-0.1, -0.05) is 76.1 Å². The van der Waals surface area contributed by atoms with Crippen LogP contribution in [0, 0.1) is 0 Å². The van der Waals surface area contributed by atoms with Crippen LogP contribution >= 0.6 is 27.5 Å². The minimum atomic E-state index is 0.615. The average molecular weight is 484 g/mol.